The third-order valence-corrected chi connectivity index (χ3v) is 2.63. The summed E-state index contributed by atoms with van der Waals surface area (Å²) in [4.78, 5) is 13.8. The van der Waals surface area contributed by atoms with E-state index in [0.29, 0.717) is 11.6 Å². The third-order valence-electron chi connectivity index (χ3n) is 2.63. The fourth-order valence-electron chi connectivity index (χ4n) is 1.58. The Labute approximate surface area is 122 Å². The number of halogens is 3. The highest BCUT2D eigenvalue weighted by Crippen LogP contribution is 2.34. The number of nitrogens with one attached hydrogen (secondary N) is 1. The number of hydrazone groups is 1. The molecule has 0 fully saturated rings. The van der Waals surface area contributed by atoms with Crippen LogP contribution in [0.15, 0.2) is 47.8 Å². The Hall–Kier alpha value is -2.97. The number of nitrogens with zero attached hydrogens (tertiary/aromatic N) is 3. The molecule has 1 heterocycles. The molecule has 0 aliphatic carbocycles. The molecule has 0 bridgehead atoms. The number of hydrogen-bond acceptors (Lipinski definition) is 5. The Morgan fingerprint density at radius 2 is 1.91 bits per heavy atom. The molecule has 2 aromatic rings. The molecule has 1 aromatic carbocycles. The average molecular weight is 310 g/mol. The first-order chi connectivity index (χ1) is 10.4. The summed E-state index contributed by atoms with van der Waals surface area (Å²) in [7, 11) is 0. The molecule has 0 saturated carbocycles. The minimum Gasteiger partial charge on any atom is -0.272 e. The lowest BCUT2D eigenvalue weighted by Gasteiger charge is -2.08. The van der Waals surface area contributed by atoms with E-state index in [9.17, 15) is 23.3 Å². The van der Waals surface area contributed by atoms with Crippen LogP contribution in [0.4, 0.5) is 24.5 Å². The summed E-state index contributed by atoms with van der Waals surface area (Å²) in [6, 6.07) is 5.46. The van der Waals surface area contributed by atoms with Gasteiger partial charge in [0, 0.05) is 18.5 Å². The van der Waals surface area contributed by atoms with Crippen molar-refractivity contribution in [2.45, 2.75) is 6.18 Å². The molecule has 9 heteroatoms. The number of benzene rings is 1. The van der Waals surface area contributed by atoms with E-state index in [1.54, 1.807) is 12.1 Å². The molecule has 0 aliphatic heterocycles. The third kappa shape index (κ3) is 3.78. The number of aromatic nitrogens is 1. The number of hydrogen-bond donors (Lipinski definition) is 1. The zero-order chi connectivity index (χ0) is 16.2. The predicted octanol–water partition coefficient (Wildman–Crippen LogP) is 3.45. The first-order valence-corrected chi connectivity index (χ1v) is 5.92. The molecule has 1 aromatic heterocycles. The summed E-state index contributed by atoms with van der Waals surface area (Å²) in [6.07, 6.45) is -0.226. The molecule has 114 valence electrons. The van der Waals surface area contributed by atoms with E-state index in [4.69, 9.17) is 0 Å². The number of rotatable bonds is 4. The van der Waals surface area contributed by atoms with E-state index in [1.807, 2.05) is 0 Å². The second-order valence-corrected chi connectivity index (χ2v) is 4.14. The van der Waals surface area contributed by atoms with Gasteiger partial charge in [-0.1, -0.05) is 0 Å². The summed E-state index contributed by atoms with van der Waals surface area (Å²) < 4.78 is 37.7. The topological polar surface area (TPSA) is 80.4 Å². The molecule has 0 saturated heterocycles. The lowest BCUT2D eigenvalue weighted by Crippen LogP contribution is -2.06. The molecule has 6 nitrogen and oxygen atoms in total. The smallest absolute Gasteiger partial charge is 0.272 e. The van der Waals surface area contributed by atoms with Crippen molar-refractivity contribution in [3.05, 3.63) is 64.0 Å². The molecular weight excluding hydrogens is 301 g/mol. The lowest BCUT2D eigenvalue weighted by molar-refractivity contribution is -0.384. The van der Waals surface area contributed by atoms with Gasteiger partial charge in [0.2, 0.25) is 0 Å². The zero-order valence-electron chi connectivity index (χ0n) is 10.9. The number of anilines is 1. The highest BCUT2D eigenvalue weighted by molar-refractivity contribution is 5.80. The van der Waals surface area contributed by atoms with Gasteiger partial charge in [-0.3, -0.25) is 20.5 Å². The fourth-order valence-corrected chi connectivity index (χ4v) is 1.58. The quantitative estimate of drug-likeness (QED) is 0.533. The van der Waals surface area contributed by atoms with E-state index >= 15 is 0 Å². The summed E-state index contributed by atoms with van der Waals surface area (Å²) in [5.41, 5.74) is 1.10. The van der Waals surface area contributed by atoms with Gasteiger partial charge in [0.1, 0.15) is 5.69 Å². The van der Waals surface area contributed by atoms with Gasteiger partial charge < -0.3 is 0 Å². The summed E-state index contributed by atoms with van der Waals surface area (Å²) in [5, 5.41) is 14.6. The van der Waals surface area contributed by atoms with Crippen LogP contribution < -0.4 is 5.43 Å². The maximum absolute atomic E-state index is 12.6. The van der Waals surface area contributed by atoms with Gasteiger partial charge in [-0.05, 0) is 29.8 Å². The Bertz CT molecular complexity index is 702. The van der Waals surface area contributed by atoms with Crippen molar-refractivity contribution in [1.82, 2.24) is 4.98 Å². The van der Waals surface area contributed by atoms with Crippen molar-refractivity contribution < 1.29 is 18.1 Å². The van der Waals surface area contributed by atoms with Crippen LogP contribution in [-0.2, 0) is 6.18 Å². The minimum atomic E-state index is -4.65. The number of pyridine rings is 1. The van der Waals surface area contributed by atoms with Crippen molar-refractivity contribution in [1.29, 1.82) is 0 Å². The van der Waals surface area contributed by atoms with Gasteiger partial charge >= 0.3 is 6.18 Å². The molecule has 1 N–H and O–H groups in total. The van der Waals surface area contributed by atoms with Gasteiger partial charge in [-0.15, -0.1) is 0 Å². The first-order valence-electron chi connectivity index (χ1n) is 5.92. The van der Waals surface area contributed by atoms with E-state index in [1.165, 1.54) is 18.6 Å². The molecule has 0 unspecified atom stereocenters. The normalized spacial score (nSPS) is 11.6. The van der Waals surface area contributed by atoms with Crippen molar-refractivity contribution in [3.8, 4) is 0 Å². The van der Waals surface area contributed by atoms with Gasteiger partial charge in [-0.2, -0.15) is 18.3 Å². The average Bonchev–Trinajstić information content (AvgIpc) is 2.47. The molecule has 0 spiro atoms. The second kappa shape index (κ2) is 6.20. The van der Waals surface area contributed by atoms with E-state index in [-0.39, 0.29) is 5.69 Å². The maximum atomic E-state index is 12.6. The van der Waals surface area contributed by atoms with Crippen molar-refractivity contribution >= 4 is 17.6 Å². The molecule has 0 aliphatic rings. The Morgan fingerprint density at radius 1 is 1.23 bits per heavy atom. The summed E-state index contributed by atoms with van der Waals surface area (Å²) >= 11 is 0. The van der Waals surface area contributed by atoms with Gasteiger partial charge in [0.25, 0.3) is 5.69 Å². The molecule has 0 radical (unpaired) electrons. The van der Waals surface area contributed by atoms with Crippen LogP contribution in [0, 0.1) is 10.1 Å². The Morgan fingerprint density at radius 3 is 2.50 bits per heavy atom. The van der Waals surface area contributed by atoms with Gasteiger partial charge in [0.05, 0.1) is 16.7 Å². The van der Waals surface area contributed by atoms with Crippen LogP contribution in [0.5, 0.6) is 0 Å². The standard InChI is InChI=1S/C13H9F3N4O2/c14-13(15,16)10-1-2-11(12(7-10)20(21)22)19-18-8-9-3-5-17-6-4-9/h1-8,19H. The molecule has 22 heavy (non-hydrogen) atoms. The maximum Gasteiger partial charge on any atom is 0.416 e. The predicted molar refractivity (Wildman–Crippen MR) is 73.6 cm³/mol. The fraction of sp³-hybridized carbons (Fsp3) is 0.0769. The van der Waals surface area contributed by atoms with Crippen molar-refractivity contribution in [2.75, 3.05) is 5.43 Å². The van der Waals surface area contributed by atoms with E-state index < -0.39 is 22.4 Å². The second-order valence-electron chi connectivity index (χ2n) is 4.14. The summed E-state index contributed by atoms with van der Waals surface area (Å²) in [5.74, 6) is 0. The van der Waals surface area contributed by atoms with Crippen molar-refractivity contribution in [3.63, 3.8) is 0 Å². The molecular formula is C13H9F3N4O2. The Balaban J connectivity index is 2.24. The molecule has 2 rings (SSSR count). The SMILES string of the molecule is O=[N+]([O-])c1cc(C(F)(F)F)ccc1NN=Cc1ccncc1. The lowest BCUT2D eigenvalue weighted by atomic mass is 10.1. The van der Waals surface area contributed by atoms with Gasteiger partial charge in [0.15, 0.2) is 0 Å². The Kier molecular flexibility index (Phi) is 4.35. The first kappa shape index (κ1) is 15.4. The molecule has 0 amide bonds. The number of alkyl halides is 3. The highest BCUT2D eigenvalue weighted by atomic mass is 19.4. The van der Waals surface area contributed by atoms with Crippen LogP contribution in [0.3, 0.4) is 0 Å². The van der Waals surface area contributed by atoms with Crippen LogP contribution in [-0.4, -0.2) is 16.1 Å². The molecule has 0 atom stereocenters. The van der Waals surface area contributed by atoms with Crippen molar-refractivity contribution in [2.24, 2.45) is 5.10 Å². The van der Waals surface area contributed by atoms with E-state index in [2.05, 4.69) is 15.5 Å². The monoisotopic (exact) mass is 310 g/mol. The minimum absolute atomic E-state index is 0.136. The van der Waals surface area contributed by atoms with E-state index in [0.717, 1.165) is 12.1 Å². The van der Waals surface area contributed by atoms with Crippen LogP contribution >= 0.6 is 0 Å². The van der Waals surface area contributed by atoms with Crippen LogP contribution in [0.25, 0.3) is 0 Å². The number of nitro groups is 1. The van der Waals surface area contributed by atoms with Crippen LogP contribution in [0.2, 0.25) is 0 Å². The highest BCUT2D eigenvalue weighted by Gasteiger charge is 2.33. The zero-order valence-corrected chi connectivity index (χ0v) is 10.9. The largest absolute Gasteiger partial charge is 0.416 e. The van der Waals surface area contributed by atoms with Gasteiger partial charge in [-0.25, -0.2) is 0 Å². The summed E-state index contributed by atoms with van der Waals surface area (Å²) in [6.45, 7) is 0. The van der Waals surface area contributed by atoms with Crippen LogP contribution in [0.1, 0.15) is 11.1 Å². The number of nitro benzene ring substituents is 1.